The van der Waals surface area contributed by atoms with Crippen LogP contribution in [0.25, 0.3) is 0 Å². The van der Waals surface area contributed by atoms with Crippen LogP contribution in [0.4, 0.5) is 8.78 Å². The van der Waals surface area contributed by atoms with Gasteiger partial charge in [0.15, 0.2) is 0 Å². The maximum absolute atomic E-state index is 14.7. The van der Waals surface area contributed by atoms with Crippen molar-refractivity contribution < 1.29 is 13.5 Å². The van der Waals surface area contributed by atoms with Crippen LogP contribution in [-0.4, -0.2) is 35.7 Å². The first-order valence-corrected chi connectivity index (χ1v) is 9.34. The Kier molecular flexibility index (Phi) is 6.45. The lowest BCUT2D eigenvalue weighted by molar-refractivity contribution is 0.123. The van der Waals surface area contributed by atoms with Crippen molar-refractivity contribution in [2.75, 3.05) is 19.6 Å². The zero-order valence-corrected chi connectivity index (χ0v) is 16.1. The first-order chi connectivity index (χ1) is 12.9. The molecule has 1 aliphatic rings. The van der Waals surface area contributed by atoms with Crippen LogP contribution in [0.5, 0.6) is 5.88 Å². The van der Waals surface area contributed by atoms with Crippen LogP contribution in [0.15, 0.2) is 48.6 Å². The van der Waals surface area contributed by atoms with E-state index in [1.165, 1.54) is 6.07 Å². The van der Waals surface area contributed by atoms with E-state index in [9.17, 15) is 8.78 Å². The van der Waals surface area contributed by atoms with E-state index in [0.29, 0.717) is 35.1 Å². The van der Waals surface area contributed by atoms with Gasteiger partial charge in [-0.2, -0.15) is 0 Å². The monoisotopic (exact) mass is 392 g/mol. The van der Waals surface area contributed by atoms with Gasteiger partial charge in [-0.05, 0) is 38.1 Å². The Morgan fingerprint density at radius 2 is 2.19 bits per heavy atom. The average Bonchev–Trinajstić information content (AvgIpc) is 2.61. The molecule has 0 bridgehead atoms. The minimum absolute atomic E-state index is 0.0373. The van der Waals surface area contributed by atoms with E-state index in [1.54, 1.807) is 24.3 Å². The third-order valence-electron chi connectivity index (χ3n) is 4.63. The molecule has 3 rings (SSSR count). The number of alkyl halides is 1. The summed E-state index contributed by atoms with van der Waals surface area (Å²) in [6.45, 7) is 7.78. The van der Waals surface area contributed by atoms with Crippen molar-refractivity contribution in [2.24, 2.45) is 0 Å². The van der Waals surface area contributed by atoms with E-state index < -0.39 is 12.0 Å². The summed E-state index contributed by atoms with van der Waals surface area (Å²) in [5, 5.41) is 0.336. The Morgan fingerprint density at radius 1 is 1.37 bits per heavy atom. The predicted octanol–water partition coefficient (Wildman–Crippen LogP) is 5.16. The highest BCUT2D eigenvalue weighted by molar-refractivity contribution is 6.30. The number of likely N-dealkylation sites (tertiary alicyclic amines) is 1. The standard InChI is InChI=1S/C21H23ClF2N2O/c1-14(2)11-26-9-8-17(19(24)12-26)20-4-3-5-21(25-20)27-13-15-6-7-16(22)10-18(15)23/h3-7,10,17,19H,1,8-9,11-13H2,2H3/t17-,19?/m0/s1. The van der Waals surface area contributed by atoms with Gasteiger partial charge in [-0.3, -0.25) is 4.90 Å². The van der Waals surface area contributed by atoms with Gasteiger partial charge in [0.2, 0.25) is 5.88 Å². The second kappa shape index (κ2) is 8.81. The normalized spacial score (nSPS) is 20.4. The van der Waals surface area contributed by atoms with Crippen LogP contribution < -0.4 is 4.74 Å². The summed E-state index contributed by atoms with van der Waals surface area (Å²) in [6, 6.07) is 9.75. The number of nitrogens with zero attached hydrogens (tertiary/aromatic N) is 2. The van der Waals surface area contributed by atoms with Crippen molar-refractivity contribution in [1.82, 2.24) is 9.88 Å². The van der Waals surface area contributed by atoms with E-state index in [0.717, 1.165) is 18.7 Å². The lowest BCUT2D eigenvalue weighted by Gasteiger charge is -2.34. The minimum Gasteiger partial charge on any atom is -0.473 e. The second-order valence-corrected chi connectivity index (χ2v) is 7.46. The highest BCUT2D eigenvalue weighted by Crippen LogP contribution is 2.30. The Labute approximate surface area is 163 Å². The van der Waals surface area contributed by atoms with Gasteiger partial charge >= 0.3 is 0 Å². The number of halogens is 3. The molecule has 1 aliphatic heterocycles. The van der Waals surface area contributed by atoms with Gasteiger partial charge in [-0.15, -0.1) is 0 Å². The number of hydrogen-bond acceptors (Lipinski definition) is 3. The van der Waals surface area contributed by atoms with E-state index in [4.69, 9.17) is 16.3 Å². The summed E-state index contributed by atoms with van der Waals surface area (Å²) in [5.74, 6) is -0.326. The smallest absolute Gasteiger partial charge is 0.213 e. The molecule has 0 radical (unpaired) electrons. The third kappa shape index (κ3) is 5.27. The van der Waals surface area contributed by atoms with Gasteiger partial charge in [-0.25, -0.2) is 13.8 Å². The Balaban J connectivity index is 1.64. The van der Waals surface area contributed by atoms with E-state index in [2.05, 4.69) is 16.5 Å². The lowest BCUT2D eigenvalue weighted by Crippen LogP contribution is -2.41. The Morgan fingerprint density at radius 3 is 2.89 bits per heavy atom. The first-order valence-electron chi connectivity index (χ1n) is 8.97. The van der Waals surface area contributed by atoms with E-state index in [1.807, 2.05) is 13.0 Å². The minimum atomic E-state index is -0.991. The molecule has 3 nitrogen and oxygen atoms in total. The van der Waals surface area contributed by atoms with Gasteiger partial charge < -0.3 is 4.74 Å². The maximum Gasteiger partial charge on any atom is 0.213 e. The fraction of sp³-hybridized carbons (Fsp3) is 0.381. The summed E-state index contributed by atoms with van der Waals surface area (Å²) < 4.78 is 34.2. The van der Waals surface area contributed by atoms with Crippen molar-refractivity contribution in [3.05, 3.63) is 70.6 Å². The molecule has 144 valence electrons. The number of piperidine rings is 1. The van der Waals surface area contributed by atoms with Gasteiger partial charge in [-0.1, -0.05) is 35.9 Å². The number of benzene rings is 1. The number of rotatable bonds is 6. The van der Waals surface area contributed by atoms with Gasteiger partial charge in [0, 0.05) is 35.7 Å². The zero-order chi connectivity index (χ0) is 19.4. The van der Waals surface area contributed by atoms with Crippen molar-refractivity contribution in [3.63, 3.8) is 0 Å². The molecule has 2 atom stereocenters. The molecule has 1 unspecified atom stereocenters. The van der Waals surface area contributed by atoms with Crippen LogP contribution in [0.1, 0.15) is 30.5 Å². The van der Waals surface area contributed by atoms with Crippen LogP contribution in [-0.2, 0) is 6.61 Å². The largest absolute Gasteiger partial charge is 0.473 e. The Hall–Kier alpha value is -1.98. The fourth-order valence-electron chi connectivity index (χ4n) is 3.33. The van der Waals surface area contributed by atoms with Crippen molar-refractivity contribution in [3.8, 4) is 5.88 Å². The molecule has 0 spiro atoms. The number of hydrogen-bond donors (Lipinski definition) is 0. The molecule has 0 aliphatic carbocycles. The highest BCUT2D eigenvalue weighted by Gasteiger charge is 2.31. The summed E-state index contributed by atoms with van der Waals surface area (Å²) in [4.78, 5) is 6.52. The third-order valence-corrected chi connectivity index (χ3v) is 4.87. The number of ether oxygens (including phenoxy) is 1. The van der Waals surface area contributed by atoms with Crippen LogP contribution >= 0.6 is 11.6 Å². The summed E-state index contributed by atoms with van der Waals surface area (Å²) in [7, 11) is 0. The summed E-state index contributed by atoms with van der Waals surface area (Å²) in [5.41, 5.74) is 2.10. The second-order valence-electron chi connectivity index (χ2n) is 7.03. The fourth-order valence-corrected chi connectivity index (χ4v) is 3.49. The summed E-state index contributed by atoms with van der Waals surface area (Å²) in [6.07, 6.45) is -0.300. The molecule has 6 heteroatoms. The molecule has 0 amide bonds. The topological polar surface area (TPSA) is 25.4 Å². The predicted molar refractivity (Wildman–Crippen MR) is 103 cm³/mol. The molecular formula is C21H23ClF2N2O. The number of aromatic nitrogens is 1. The Bertz CT molecular complexity index is 815. The van der Waals surface area contributed by atoms with Crippen molar-refractivity contribution >= 4 is 11.6 Å². The molecule has 0 N–H and O–H groups in total. The average molecular weight is 393 g/mol. The molecule has 0 saturated carbocycles. The zero-order valence-electron chi connectivity index (χ0n) is 15.3. The molecule has 1 aromatic carbocycles. The molecule has 1 fully saturated rings. The number of pyridine rings is 1. The van der Waals surface area contributed by atoms with Crippen LogP contribution in [0, 0.1) is 5.82 Å². The molecule has 2 aromatic rings. The SMILES string of the molecule is C=C(C)CN1CC[C@H](c2cccc(OCc3ccc(Cl)cc3F)n2)C(F)C1. The van der Waals surface area contributed by atoms with Gasteiger partial charge in [0.1, 0.15) is 18.6 Å². The van der Waals surface area contributed by atoms with Crippen LogP contribution in [0.2, 0.25) is 5.02 Å². The molecule has 1 saturated heterocycles. The van der Waals surface area contributed by atoms with Crippen molar-refractivity contribution in [1.29, 1.82) is 0 Å². The first kappa shape index (κ1) is 19.8. The molecule has 2 heterocycles. The van der Waals surface area contributed by atoms with E-state index in [-0.39, 0.29) is 12.5 Å². The van der Waals surface area contributed by atoms with Gasteiger partial charge in [0.05, 0.1) is 5.69 Å². The quantitative estimate of drug-likeness (QED) is 0.635. The van der Waals surface area contributed by atoms with Crippen molar-refractivity contribution in [2.45, 2.75) is 32.0 Å². The van der Waals surface area contributed by atoms with Gasteiger partial charge in [0.25, 0.3) is 0 Å². The van der Waals surface area contributed by atoms with E-state index >= 15 is 0 Å². The molecular weight excluding hydrogens is 370 g/mol. The molecule has 27 heavy (non-hydrogen) atoms. The van der Waals surface area contributed by atoms with Crippen LogP contribution in [0.3, 0.4) is 0 Å². The molecule has 1 aromatic heterocycles. The lowest BCUT2D eigenvalue weighted by atomic mass is 9.91. The maximum atomic E-state index is 14.7. The summed E-state index contributed by atoms with van der Waals surface area (Å²) >= 11 is 5.76. The highest BCUT2D eigenvalue weighted by atomic mass is 35.5.